The fraction of sp³-hybridized carbons (Fsp3) is 0.389. The van der Waals surface area contributed by atoms with Crippen molar-refractivity contribution in [1.29, 1.82) is 0 Å². The van der Waals surface area contributed by atoms with E-state index < -0.39 is 0 Å². The Morgan fingerprint density at radius 1 is 0.895 bits per heavy atom. The molecule has 0 aliphatic rings. The van der Waals surface area contributed by atoms with Crippen molar-refractivity contribution in [2.24, 2.45) is 0 Å². The first-order valence-electron chi connectivity index (χ1n) is 7.27. The molecule has 0 N–H and O–H groups in total. The molecule has 0 saturated carbocycles. The molecule has 0 bridgehead atoms. The lowest BCUT2D eigenvalue weighted by Gasteiger charge is -2.08. The number of aryl methyl sites for hydroxylation is 4. The van der Waals surface area contributed by atoms with Crippen molar-refractivity contribution in [2.75, 3.05) is 0 Å². The van der Waals surface area contributed by atoms with Gasteiger partial charge in [-0.15, -0.1) is 0 Å². The maximum Gasteiger partial charge on any atom is 0.0302 e. The Kier molecular flexibility index (Phi) is 5.14. The van der Waals surface area contributed by atoms with Crippen LogP contribution in [0, 0.1) is 6.92 Å². The minimum atomic E-state index is 1.08. The van der Waals surface area contributed by atoms with Gasteiger partial charge < -0.3 is 0 Å². The largest absolute Gasteiger partial charge is 0.264 e. The van der Waals surface area contributed by atoms with Crippen molar-refractivity contribution >= 4 is 0 Å². The third-order valence-corrected chi connectivity index (χ3v) is 3.79. The van der Waals surface area contributed by atoms with Crippen molar-refractivity contribution in [1.82, 2.24) is 4.98 Å². The Balaban J connectivity index is 1.83. The Labute approximate surface area is 116 Å². The third-order valence-electron chi connectivity index (χ3n) is 3.79. The van der Waals surface area contributed by atoms with E-state index in [1.165, 1.54) is 47.9 Å². The van der Waals surface area contributed by atoms with Crippen LogP contribution in [0.5, 0.6) is 0 Å². The Morgan fingerprint density at radius 2 is 1.63 bits per heavy atom. The maximum atomic E-state index is 4.20. The number of unbranched alkanes of at least 4 members (excludes halogenated alkanes) is 1. The zero-order chi connectivity index (χ0) is 13.5. The van der Waals surface area contributed by atoms with E-state index in [1.807, 2.05) is 12.4 Å². The Hall–Kier alpha value is -1.63. The molecular formula is C18H23N. The Morgan fingerprint density at radius 3 is 2.37 bits per heavy atom. The molecule has 1 aromatic heterocycles. The highest BCUT2D eigenvalue weighted by atomic mass is 14.6. The Bertz CT molecular complexity index is 517. The van der Waals surface area contributed by atoms with Crippen LogP contribution in [0.2, 0.25) is 0 Å². The number of rotatable bonds is 6. The zero-order valence-electron chi connectivity index (χ0n) is 12.0. The zero-order valence-corrected chi connectivity index (χ0v) is 12.0. The van der Waals surface area contributed by atoms with Crippen LogP contribution in [0.4, 0.5) is 0 Å². The fourth-order valence-electron chi connectivity index (χ4n) is 2.54. The van der Waals surface area contributed by atoms with Crippen LogP contribution >= 0.6 is 0 Å². The smallest absolute Gasteiger partial charge is 0.0302 e. The first kappa shape index (κ1) is 13.8. The van der Waals surface area contributed by atoms with E-state index in [0.717, 1.165) is 6.42 Å². The highest BCUT2D eigenvalue weighted by molar-refractivity contribution is 5.26. The summed E-state index contributed by atoms with van der Waals surface area (Å²) in [6.45, 7) is 4.40. The topological polar surface area (TPSA) is 12.9 Å². The lowest BCUT2D eigenvalue weighted by atomic mass is 9.99. The van der Waals surface area contributed by atoms with Crippen molar-refractivity contribution in [3.8, 4) is 0 Å². The van der Waals surface area contributed by atoms with Crippen LogP contribution < -0.4 is 0 Å². The van der Waals surface area contributed by atoms with E-state index >= 15 is 0 Å². The molecule has 19 heavy (non-hydrogen) atoms. The molecule has 0 aliphatic carbocycles. The third kappa shape index (κ3) is 3.92. The van der Waals surface area contributed by atoms with Crippen LogP contribution in [0.1, 0.15) is 42.0 Å². The van der Waals surface area contributed by atoms with Crippen LogP contribution in [0.3, 0.4) is 0 Å². The predicted octanol–water partition coefficient (Wildman–Crippen LogP) is 4.52. The molecule has 0 unspecified atom stereocenters. The number of nitrogens with zero attached hydrogens (tertiary/aromatic N) is 1. The van der Waals surface area contributed by atoms with E-state index in [9.17, 15) is 0 Å². The summed E-state index contributed by atoms with van der Waals surface area (Å²) in [4.78, 5) is 4.20. The van der Waals surface area contributed by atoms with E-state index in [0.29, 0.717) is 0 Å². The molecule has 1 heterocycles. The molecule has 0 aliphatic heterocycles. The second-order valence-electron chi connectivity index (χ2n) is 5.13. The molecule has 1 heteroatoms. The predicted molar refractivity (Wildman–Crippen MR) is 81.4 cm³/mol. The van der Waals surface area contributed by atoms with Gasteiger partial charge in [-0.25, -0.2) is 0 Å². The molecule has 0 radical (unpaired) electrons. The van der Waals surface area contributed by atoms with Gasteiger partial charge in [0.2, 0.25) is 0 Å². The van der Waals surface area contributed by atoms with E-state index in [-0.39, 0.29) is 0 Å². The van der Waals surface area contributed by atoms with Crippen LogP contribution in [-0.2, 0) is 19.3 Å². The van der Waals surface area contributed by atoms with Crippen LogP contribution in [0.15, 0.2) is 42.7 Å². The van der Waals surface area contributed by atoms with Crippen LogP contribution in [-0.4, -0.2) is 4.98 Å². The normalized spacial score (nSPS) is 10.6. The van der Waals surface area contributed by atoms with Gasteiger partial charge in [-0.05, 0) is 67.3 Å². The quantitative estimate of drug-likeness (QED) is 0.690. The monoisotopic (exact) mass is 253 g/mol. The molecule has 0 spiro atoms. The second kappa shape index (κ2) is 7.08. The van der Waals surface area contributed by atoms with Crippen molar-refractivity contribution in [3.05, 3.63) is 65.0 Å². The minimum absolute atomic E-state index is 1.08. The van der Waals surface area contributed by atoms with E-state index in [2.05, 4.69) is 49.2 Å². The number of benzene rings is 1. The molecule has 0 atom stereocenters. The van der Waals surface area contributed by atoms with E-state index in [4.69, 9.17) is 0 Å². The minimum Gasteiger partial charge on any atom is -0.264 e. The average Bonchev–Trinajstić information content (AvgIpc) is 2.45. The fourth-order valence-corrected chi connectivity index (χ4v) is 2.54. The molecule has 1 nitrogen and oxygen atoms in total. The summed E-state index contributed by atoms with van der Waals surface area (Å²) < 4.78 is 0. The van der Waals surface area contributed by atoms with Crippen molar-refractivity contribution < 1.29 is 0 Å². The van der Waals surface area contributed by atoms with E-state index in [1.54, 1.807) is 0 Å². The maximum absolute atomic E-state index is 4.20. The highest BCUT2D eigenvalue weighted by Crippen LogP contribution is 2.14. The number of pyridine rings is 1. The van der Waals surface area contributed by atoms with Gasteiger partial charge in [-0.2, -0.15) is 0 Å². The molecule has 1 aromatic carbocycles. The molecule has 2 rings (SSSR count). The standard InChI is InChI=1S/C18H23N/c1-3-16-14-19-13-12-18(16)11-7-6-10-17-9-5-4-8-15(17)2/h4-5,8-9,12-14H,3,6-7,10-11H2,1-2H3. The number of aromatic nitrogens is 1. The summed E-state index contributed by atoms with van der Waals surface area (Å²) in [7, 11) is 0. The van der Waals surface area contributed by atoms with Gasteiger partial charge in [0, 0.05) is 12.4 Å². The SMILES string of the molecule is CCc1cnccc1CCCCc1ccccc1C. The second-order valence-corrected chi connectivity index (χ2v) is 5.13. The summed E-state index contributed by atoms with van der Waals surface area (Å²) in [5.74, 6) is 0. The number of hydrogen-bond donors (Lipinski definition) is 0. The molecule has 100 valence electrons. The summed E-state index contributed by atoms with van der Waals surface area (Å²) in [6.07, 6.45) is 9.89. The van der Waals surface area contributed by atoms with Gasteiger partial charge >= 0.3 is 0 Å². The van der Waals surface area contributed by atoms with Crippen molar-refractivity contribution in [2.45, 2.75) is 46.0 Å². The van der Waals surface area contributed by atoms with Gasteiger partial charge in [-0.1, -0.05) is 31.2 Å². The lowest BCUT2D eigenvalue weighted by molar-refractivity contribution is 0.726. The molecular weight excluding hydrogens is 230 g/mol. The van der Waals surface area contributed by atoms with Gasteiger partial charge in [0.1, 0.15) is 0 Å². The van der Waals surface area contributed by atoms with Crippen molar-refractivity contribution in [3.63, 3.8) is 0 Å². The summed E-state index contributed by atoms with van der Waals surface area (Å²) in [5.41, 5.74) is 5.79. The molecule has 0 saturated heterocycles. The van der Waals surface area contributed by atoms with Gasteiger partial charge in [0.15, 0.2) is 0 Å². The first-order chi connectivity index (χ1) is 9.31. The van der Waals surface area contributed by atoms with Gasteiger partial charge in [-0.3, -0.25) is 4.98 Å². The van der Waals surface area contributed by atoms with Crippen LogP contribution in [0.25, 0.3) is 0 Å². The summed E-state index contributed by atoms with van der Waals surface area (Å²) in [6, 6.07) is 10.9. The highest BCUT2D eigenvalue weighted by Gasteiger charge is 2.01. The molecule has 0 fully saturated rings. The molecule has 0 amide bonds. The average molecular weight is 253 g/mol. The first-order valence-corrected chi connectivity index (χ1v) is 7.27. The summed E-state index contributed by atoms with van der Waals surface area (Å²) >= 11 is 0. The van der Waals surface area contributed by atoms with Gasteiger partial charge in [0.25, 0.3) is 0 Å². The molecule has 2 aromatic rings. The van der Waals surface area contributed by atoms with Gasteiger partial charge in [0.05, 0.1) is 0 Å². The lowest BCUT2D eigenvalue weighted by Crippen LogP contribution is -1.96. The number of hydrogen-bond acceptors (Lipinski definition) is 1. The summed E-state index contributed by atoms with van der Waals surface area (Å²) in [5, 5.41) is 0.